The molecule has 0 spiro atoms. The van der Waals surface area contributed by atoms with Crippen LogP contribution in [0.5, 0.6) is 0 Å². The SMILES string of the molecule is CC(OC[C@H](N)c1nc2ccc([C@H](NC(=O)CC3CC(F)(F)C3)C3CC3)cc2[nH]1)C(F)(F)F. The summed E-state index contributed by atoms with van der Waals surface area (Å²) in [4.78, 5) is 19.8. The van der Waals surface area contributed by atoms with E-state index in [1.54, 1.807) is 6.07 Å². The highest BCUT2D eigenvalue weighted by molar-refractivity contribution is 5.78. The van der Waals surface area contributed by atoms with E-state index in [-0.39, 0.29) is 49.7 Å². The molecule has 0 saturated heterocycles. The van der Waals surface area contributed by atoms with Crippen molar-refractivity contribution in [1.82, 2.24) is 15.3 Å². The third-order valence-electron chi connectivity index (χ3n) is 6.28. The molecular weight excluding hydrogens is 447 g/mol. The van der Waals surface area contributed by atoms with Crippen molar-refractivity contribution in [3.05, 3.63) is 29.6 Å². The number of H-pyrrole nitrogens is 1. The van der Waals surface area contributed by atoms with Crippen molar-refractivity contribution in [2.24, 2.45) is 17.6 Å². The normalized spacial score (nSPS) is 21.4. The van der Waals surface area contributed by atoms with E-state index in [1.165, 1.54) is 0 Å². The summed E-state index contributed by atoms with van der Waals surface area (Å²) in [5, 5.41) is 2.99. The maximum Gasteiger partial charge on any atom is 0.414 e. The number of hydrogen-bond acceptors (Lipinski definition) is 4. The number of nitrogens with two attached hydrogens (primary N) is 1. The molecule has 2 aliphatic rings. The van der Waals surface area contributed by atoms with Crippen LogP contribution in [-0.2, 0) is 9.53 Å². The molecule has 4 rings (SSSR count). The third kappa shape index (κ3) is 5.81. The van der Waals surface area contributed by atoms with Crippen LogP contribution in [0.2, 0.25) is 0 Å². The van der Waals surface area contributed by atoms with Crippen LogP contribution in [-0.4, -0.2) is 40.7 Å². The molecule has 2 saturated carbocycles. The average Bonchev–Trinajstić information content (AvgIpc) is 3.45. The standard InChI is InChI=1S/C22H27F5N4O2/c1-11(22(25,26)27)33-10-15(28)20-29-16-5-4-14(7-17(16)30-20)19(13-2-3-13)31-18(32)6-12-8-21(23,24)9-12/h4-5,7,11-13,15,19H,2-3,6,8-10,28H2,1H3,(H,29,30)(H,31,32)/t11?,15-,19+/m0/s1. The molecule has 1 unspecified atom stereocenters. The van der Waals surface area contributed by atoms with Gasteiger partial charge in [-0.05, 0) is 49.3 Å². The minimum absolute atomic E-state index is 0.0838. The molecule has 0 bridgehead atoms. The van der Waals surface area contributed by atoms with E-state index in [0.29, 0.717) is 16.9 Å². The maximum absolute atomic E-state index is 13.0. The van der Waals surface area contributed by atoms with Gasteiger partial charge in [0.05, 0.1) is 29.7 Å². The minimum Gasteiger partial charge on any atom is -0.367 e. The molecule has 2 aromatic rings. The van der Waals surface area contributed by atoms with Gasteiger partial charge in [0.2, 0.25) is 11.8 Å². The van der Waals surface area contributed by atoms with Gasteiger partial charge >= 0.3 is 6.18 Å². The lowest BCUT2D eigenvalue weighted by Crippen LogP contribution is -2.39. The van der Waals surface area contributed by atoms with Crippen molar-refractivity contribution in [2.75, 3.05) is 6.61 Å². The summed E-state index contributed by atoms with van der Waals surface area (Å²) in [6, 6.07) is 4.31. The minimum atomic E-state index is -4.47. The molecule has 1 amide bonds. The summed E-state index contributed by atoms with van der Waals surface area (Å²) in [7, 11) is 0. The predicted octanol–water partition coefficient (Wildman–Crippen LogP) is 4.53. The van der Waals surface area contributed by atoms with Crippen LogP contribution in [0.25, 0.3) is 11.0 Å². The molecule has 1 aromatic heterocycles. The smallest absolute Gasteiger partial charge is 0.367 e. The topological polar surface area (TPSA) is 93.0 Å². The van der Waals surface area contributed by atoms with Crippen molar-refractivity contribution in [3.8, 4) is 0 Å². The number of carbonyl (C=O) groups is 1. The number of fused-ring (bicyclic) bond motifs is 1. The summed E-state index contributed by atoms with van der Waals surface area (Å²) in [5.74, 6) is -2.61. The molecule has 2 aliphatic carbocycles. The molecule has 11 heteroatoms. The second kappa shape index (κ2) is 8.83. The van der Waals surface area contributed by atoms with Crippen LogP contribution in [0.4, 0.5) is 22.0 Å². The van der Waals surface area contributed by atoms with Crippen LogP contribution < -0.4 is 11.1 Å². The number of nitrogens with one attached hydrogen (secondary N) is 2. The van der Waals surface area contributed by atoms with Crippen LogP contribution in [0.3, 0.4) is 0 Å². The van der Waals surface area contributed by atoms with E-state index < -0.39 is 24.2 Å². The third-order valence-corrected chi connectivity index (χ3v) is 6.28. The first-order valence-corrected chi connectivity index (χ1v) is 11.0. The molecule has 182 valence electrons. The van der Waals surface area contributed by atoms with Crippen LogP contribution >= 0.6 is 0 Å². The molecular formula is C22H27F5N4O2. The summed E-state index contributed by atoms with van der Waals surface area (Å²) in [5.41, 5.74) is 8.04. The van der Waals surface area contributed by atoms with Gasteiger partial charge in [-0.25, -0.2) is 13.8 Å². The molecule has 0 radical (unpaired) electrons. The lowest BCUT2D eigenvalue weighted by Gasteiger charge is -2.34. The average molecular weight is 474 g/mol. The Morgan fingerprint density at radius 1 is 1.33 bits per heavy atom. The summed E-state index contributed by atoms with van der Waals surface area (Å²) in [6.07, 6.45) is -4.90. The number of rotatable bonds is 9. The van der Waals surface area contributed by atoms with E-state index >= 15 is 0 Å². The number of alkyl halides is 5. The Labute approximate surface area is 187 Å². The summed E-state index contributed by atoms with van der Waals surface area (Å²) < 4.78 is 68.8. The Kier molecular flexibility index (Phi) is 6.38. The number of halogens is 5. The number of carbonyl (C=O) groups excluding carboxylic acids is 1. The predicted molar refractivity (Wildman–Crippen MR) is 110 cm³/mol. The number of imidazole rings is 1. The molecule has 1 aromatic carbocycles. The van der Waals surface area contributed by atoms with Gasteiger partial charge in [-0.3, -0.25) is 4.79 Å². The highest BCUT2D eigenvalue weighted by Gasteiger charge is 2.46. The fourth-order valence-corrected chi connectivity index (χ4v) is 4.16. The van der Waals surface area contributed by atoms with Gasteiger partial charge in [-0.2, -0.15) is 13.2 Å². The summed E-state index contributed by atoms with van der Waals surface area (Å²) in [6.45, 7) is 0.564. The Morgan fingerprint density at radius 2 is 2.03 bits per heavy atom. The van der Waals surface area contributed by atoms with E-state index in [9.17, 15) is 26.7 Å². The lowest BCUT2D eigenvalue weighted by atomic mass is 9.79. The van der Waals surface area contributed by atoms with Gasteiger partial charge in [-0.1, -0.05) is 6.07 Å². The number of aromatic amines is 1. The molecule has 6 nitrogen and oxygen atoms in total. The fraction of sp³-hybridized carbons (Fsp3) is 0.636. The van der Waals surface area contributed by atoms with E-state index in [0.717, 1.165) is 25.3 Å². The van der Waals surface area contributed by atoms with Gasteiger partial charge in [0, 0.05) is 19.3 Å². The number of aromatic nitrogens is 2. The molecule has 33 heavy (non-hydrogen) atoms. The zero-order chi connectivity index (χ0) is 24.0. The fourth-order valence-electron chi connectivity index (χ4n) is 4.16. The molecule has 4 N–H and O–H groups in total. The van der Waals surface area contributed by atoms with E-state index in [4.69, 9.17) is 10.5 Å². The zero-order valence-electron chi connectivity index (χ0n) is 18.1. The highest BCUT2D eigenvalue weighted by atomic mass is 19.4. The Bertz CT molecular complexity index is 996. The molecule has 0 aliphatic heterocycles. The Balaban J connectivity index is 1.41. The lowest BCUT2D eigenvalue weighted by molar-refractivity contribution is -0.215. The van der Waals surface area contributed by atoms with Gasteiger partial charge in [0.25, 0.3) is 0 Å². The van der Waals surface area contributed by atoms with Crippen molar-refractivity contribution in [2.45, 2.75) is 69.3 Å². The number of ether oxygens (including phenoxy) is 1. The van der Waals surface area contributed by atoms with Crippen LogP contribution in [0, 0.1) is 11.8 Å². The van der Waals surface area contributed by atoms with Crippen molar-refractivity contribution >= 4 is 16.9 Å². The van der Waals surface area contributed by atoms with Crippen molar-refractivity contribution in [1.29, 1.82) is 0 Å². The van der Waals surface area contributed by atoms with Gasteiger partial charge in [0.15, 0.2) is 6.10 Å². The quantitative estimate of drug-likeness (QED) is 0.466. The van der Waals surface area contributed by atoms with E-state index in [1.807, 2.05) is 12.1 Å². The molecule has 3 atom stereocenters. The highest BCUT2D eigenvalue weighted by Crippen LogP contribution is 2.45. The number of nitrogens with zero attached hydrogens (tertiary/aromatic N) is 1. The van der Waals surface area contributed by atoms with E-state index in [2.05, 4.69) is 15.3 Å². The summed E-state index contributed by atoms with van der Waals surface area (Å²) >= 11 is 0. The van der Waals surface area contributed by atoms with Gasteiger partial charge in [-0.15, -0.1) is 0 Å². The number of amides is 1. The number of hydrogen-bond donors (Lipinski definition) is 3. The van der Waals surface area contributed by atoms with Crippen molar-refractivity contribution < 1.29 is 31.5 Å². The Morgan fingerprint density at radius 3 is 2.64 bits per heavy atom. The van der Waals surface area contributed by atoms with Crippen molar-refractivity contribution in [3.63, 3.8) is 0 Å². The largest absolute Gasteiger partial charge is 0.414 e. The first-order chi connectivity index (χ1) is 15.4. The molecule has 1 heterocycles. The molecule has 2 fully saturated rings. The Hall–Kier alpha value is -2.27. The van der Waals surface area contributed by atoms with Gasteiger partial charge < -0.3 is 20.8 Å². The van der Waals surface area contributed by atoms with Gasteiger partial charge in [0.1, 0.15) is 5.82 Å². The zero-order valence-corrected chi connectivity index (χ0v) is 18.1. The number of benzene rings is 1. The first kappa shape index (κ1) is 23.9. The second-order valence-electron chi connectivity index (χ2n) is 9.24. The monoisotopic (exact) mass is 474 g/mol. The first-order valence-electron chi connectivity index (χ1n) is 11.0. The van der Waals surface area contributed by atoms with Crippen LogP contribution in [0.1, 0.15) is 62.5 Å². The maximum atomic E-state index is 13.0. The second-order valence-corrected chi connectivity index (χ2v) is 9.24. The van der Waals surface area contributed by atoms with Crippen LogP contribution in [0.15, 0.2) is 18.2 Å².